The monoisotopic (exact) mass is 320 g/mol. The number of halogens is 1. The summed E-state index contributed by atoms with van der Waals surface area (Å²) < 4.78 is 6.20. The van der Waals surface area contributed by atoms with Gasteiger partial charge in [0.2, 0.25) is 0 Å². The van der Waals surface area contributed by atoms with E-state index in [4.69, 9.17) is 10.5 Å². The summed E-state index contributed by atoms with van der Waals surface area (Å²) in [5, 5.41) is 3.43. The van der Waals surface area contributed by atoms with Crippen molar-refractivity contribution in [1.29, 1.82) is 0 Å². The van der Waals surface area contributed by atoms with Crippen molar-refractivity contribution in [2.45, 2.75) is 6.04 Å². The third-order valence-electron chi connectivity index (χ3n) is 2.92. The second-order valence-electron chi connectivity index (χ2n) is 4.22. The Balaban J connectivity index is 2.15. The van der Waals surface area contributed by atoms with Gasteiger partial charge in [-0.1, -0.05) is 34.1 Å². The summed E-state index contributed by atoms with van der Waals surface area (Å²) in [5.74, 6) is 0.849. The molecule has 1 unspecified atom stereocenters. The van der Waals surface area contributed by atoms with Gasteiger partial charge in [0.25, 0.3) is 0 Å². The maximum Gasteiger partial charge on any atom is 0.118 e. The fourth-order valence-electron chi connectivity index (χ4n) is 1.89. The molecule has 0 aromatic heterocycles. The SMILES string of the molecule is COc1ccc(C(CN)Nc2cccc(Br)c2)cc1. The molecule has 2 aromatic carbocycles. The van der Waals surface area contributed by atoms with E-state index in [1.54, 1.807) is 7.11 Å². The lowest BCUT2D eigenvalue weighted by Gasteiger charge is -2.19. The van der Waals surface area contributed by atoms with Crippen LogP contribution in [-0.4, -0.2) is 13.7 Å². The predicted molar refractivity (Wildman–Crippen MR) is 82.6 cm³/mol. The summed E-state index contributed by atoms with van der Waals surface area (Å²) in [5.41, 5.74) is 8.04. The lowest BCUT2D eigenvalue weighted by molar-refractivity contribution is 0.414. The molecule has 0 aliphatic rings. The number of ether oxygens (including phenoxy) is 1. The van der Waals surface area contributed by atoms with E-state index in [2.05, 4.69) is 21.2 Å². The van der Waals surface area contributed by atoms with Crippen LogP contribution in [0.4, 0.5) is 5.69 Å². The third kappa shape index (κ3) is 3.72. The average Bonchev–Trinajstić information content (AvgIpc) is 2.45. The maximum absolute atomic E-state index is 5.86. The van der Waals surface area contributed by atoms with Crippen LogP contribution in [0.3, 0.4) is 0 Å². The Labute approximate surface area is 121 Å². The molecular formula is C15H17BrN2O. The van der Waals surface area contributed by atoms with Crippen molar-refractivity contribution in [1.82, 2.24) is 0 Å². The van der Waals surface area contributed by atoms with E-state index < -0.39 is 0 Å². The quantitative estimate of drug-likeness (QED) is 0.885. The first-order valence-electron chi connectivity index (χ1n) is 6.09. The molecule has 0 saturated heterocycles. The van der Waals surface area contributed by atoms with Gasteiger partial charge in [0.05, 0.1) is 13.2 Å². The maximum atomic E-state index is 5.86. The number of rotatable bonds is 5. The molecule has 4 heteroatoms. The summed E-state index contributed by atoms with van der Waals surface area (Å²) in [7, 11) is 1.66. The molecule has 19 heavy (non-hydrogen) atoms. The fraction of sp³-hybridized carbons (Fsp3) is 0.200. The van der Waals surface area contributed by atoms with E-state index >= 15 is 0 Å². The molecule has 2 rings (SSSR count). The van der Waals surface area contributed by atoms with Crippen LogP contribution >= 0.6 is 15.9 Å². The molecular weight excluding hydrogens is 304 g/mol. The minimum absolute atomic E-state index is 0.0835. The van der Waals surface area contributed by atoms with Gasteiger partial charge in [0.15, 0.2) is 0 Å². The van der Waals surface area contributed by atoms with Crippen molar-refractivity contribution in [3.05, 3.63) is 58.6 Å². The number of nitrogens with two attached hydrogens (primary N) is 1. The van der Waals surface area contributed by atoms with Crippen LogP contribution in [0, 0.1) is 0 Å². The molecule has 0 heterocycles. The highest BCUT2D eigenvalue weighted by molar-refractivity contribution is 9.10. The van der Waals surface area contributed by atoms with E-state index in [1.165, 1.54) is 0 Å². The summed E-state index contributed by atoms with van der Waals surface area (Å²) in [6.45, 7) is 0.527. The van der Waals surface area contributed by atoms with E-state index in [1.807, 2.05) is 48.5 Å². The normalized spacial score (nSPS) is 11.9. The number of hydrogen-bond acceptors (Lipinski definition) is 3. The topological polar surface area (TPSA) is 47.3 Å². The number of methoxy groups -OCH3 is 1. The second kappa shape index (κ2) is 6.59. The molecule has 3 nitrogen and oxygen atoms in total. The van der Waals surface area contributed by atoms with Crippen LogP contribution in [0.5, 0.6) is 5.75 Å². The Bertz CT molecular complexity index is 528. The molecule has 0 spiro atoms. The Morgan fingerprint density at radius 3 is 2.53 bits per heavy atom. The Morgan fingerprint density at radius 2 is 1.95 bits per heavy atom. The highest BCUT2D eigenvalue weighted by Crippen LogP contribution is 2.23. The lowest BCUT2D eigenvalue weighted by Crippen LogP contribution is -2.20. The van der Waals surface area contributed by atoms with Crippen LogP contribution in [-0.2, 0) is 0 Å². The highest BCUT2D eigenvalue weighted by Gasteiger charge is 2.09. The molecule has 0 aliphatic carbocycles. The van der Waals surface area contributed by atoms with Crippen molar-refractivity contribution in [2.24, 2.45) is 5.73 Å². The van der Waals surface area contributed by atoms with Crippen LogP contribution in [0.25, 0.3) is 0 Å². The summed E-state index contributed by atoms with van der Waals surface area (Å²) in [6, 6.07) is 16.1. The van der Waals surface area contributed by atoms with Crippen LogP contribution in [0.1, 0.15) is 11.6 Å². The van der Waals surface area contributed by atoms with E-state index in [9.17, 15) is 0 Å². The van der Waals surface area contributed by atoms with Crippen LogP contribution < -0.4 is 15.8 Å². The first-order chi connectivity index (χ1) is 9.22. The number of nitrogens with one attached hydrogen (secondary N) is 1. The Kier molecular flexibility index (Phi) is 4.82. The zero-order chi connectivity index (χ0) is 13.7. The first-order valence-corrected chi connectivity index (χ1v) is 6.88. The highest BCUT2D eigenvalue weighted by atomic mass is 79.9. The first kappa shape index (κ1) is 13.9. The van der Waals surface area contributed by atoms with Crippen molar-refractivity contribution in [3.63, 3.8) is 0 Å². The summed E-state index contributed by atoms with van der Waals surface area (Å²) in [6.07, 6.45) is 0. The Hall–Kier alpha value is -1.52. The zero-order valence-electron chi connectivity index (χ0n) is 10.8. The summed E-state index contributed by atoms with van der Waals surface area (Å²) >= 11 is 3.46. The minimum atomic E-state index is 0.0835. The molecule has 0 aliphatic heterocycles. The molecule has 2 aromatic rings. The molecule has 0 saturated carbocycles. The van der Waals surface area contributed by atoms with Gasteiger partial charge in [-0.2, -0.15) is 0 Å². The van der Waals surface area contributed by atoms with E-state index in [0.717, 1.165) is 21.5 Å². The van der Waals surface area contributed by atoms with Crippen molar-refractivity contribution < 1.29 is 4.74 Å². The Morgan fingerprint density at radius 1 is 1.21 bits per heavy atom. The third-order valence-corrected chi connectivity index (χ3v) is 3.41. The largest absolute Gasteiger partial charge is 0.497 e. The van der Waals surface area contributed by atoms with E-state index in [0.29, 0.717) is 6.54 Å². The second-order valence-corrected chi connectivity index (χ2v) is 5.13. The van der Waals surface area contributed by atoms with Gasteiger partial charge in [-0.25, -0.2) is 0 Å². The molecule has 100 valence electrons. The van der Waals surface area contributed by atoms with Crippen molar-refractivity contribution in [3.8, 4) is 5.75 Å². The molecule has 0 radical (unpaired) electrons. The molecule has 0 fully saturated rings. The van der Waals surface area contributed by atoms with Crippen molar-refractivity contribution >= 4 is 21.6 Å². The van der Waals surface area contributed by atoms with Crippen molar-refractivity contribution in [2.75, 3.05) is 19.0 Å². The van der Waals surface area contributed by atoms with Crippen LogP contribution in [0.2, 0.25) is 0 Å². The molecule has 0 amide bonds. The smallest absolute Gasteiger partial charge is 0.118 e. The number of hydrogen-bond donors (Lipinski definition) is 2. The lowest BCUT2D eigenvalue weighted by atomic mass is 10.1. The van der Waals surface area contributed by atoms with Gasteiger partial charge in [-0.3, -0.25) is 0 Å². The van der Waals surface area contributed by atoms with Gasteiger partial charge >= 0.3 is 0 Å². The van der Waals surface area contributed by atoms with Gasteiger partial charge in [0.1, 0.15) is 5.75 Å². The van der Waals surface area contributed by atoms with Crippen LogP contribution in [0.15, 0.2) is 53.0 Å². The zero-order valence-corrected chi connectivity index (χ0v) is 12.4. The standard InChI is InChI=1S/C15H17BrN2O/c1-19-14-7-5-11(6-8-14)15(10-17)18-13-4-2-3-12(16)9-13/h2-9,15,18H,10,17H2,1H3. The summed E-state index contributed by atoms with van der Waals surface area (Å²) in [4.78, 5) is 0. The molecule has 3 N–H and O–H groups in total. The molecule has 1 atom stereocenters. The fourth-order valence-corrected chi connectivity index (χ4v) is 2.29. The van der Waals surface area contributed by atoms with Gasteiger partial charge < -0.3 is 15.8 Å². The predicted octanol–water partition coefficient (Wildman–Crippen LogP) is 3.57. The average molecular weight is 321 g/mol. The van der Waals surface area contributed by atoms with Gasteiger partial charge in [-0.05, 0) is 35.9 Å². The van der Waals surface area contributed by atoms with E-state index in [-0.39, 0.29) is 6.04 Å². The number of anilines is 1. The minimum Gasteiger partial charge on any atom is -0.497 e. The van der Waals surface area contributed by atoms with Gasteiger partial charge in [-0.15, -0.1) is 0 Å². The van der Waals surface area contributed by atoms with Gasteiger partial charge in [0, 0.05) is 16.7 Å². The molecule has 0 bridgehead atoms. The number of benzene rings is 2.